The van der Waals surface area contributed by atoms with Crippen LogP contribution in [0.3, 0.4) is 0 Å². The zero-order chi connectivity index (χ0) is 18.9. The molecule has 0 spiro atoms. The van der Waals surface area contributed by atoms with Gasteiger partial charge in [-0.05, 0) is 50.6 Å². The Kier molecular flexibility index (Phi) is 4.88. The molecular weight excluding hydrogens is 374 g/mol. The lowest BCUT2D eigenvalue weighted by Crippen LogP contribution is -2.15. The van der Waals surface area contributed by atoms with Crippen LogP contribution in [0.5, 0.6) is 0 Å². The Bertz CT molecular complexity index is 1030. The second-order valence-corrected chi connectivity index (χ2v) is 7.94. The molecule has 0 aliphatic heterocycles. The Balaban J connectivity index is 1.79. The number of nitrogens with one attached hydrogen (secondary N) is 3. The molecule has 0 radical (unpaired) electrons. The minimum Gasteiger partial charge on any atom is -0.354 e. The SMILES string of the molecule is Cc1ccc(Cl)cc1Nc1ccc(NS(=O)(=O)c2c(C)n[nH]c2C)nc1. The first-order valence-electron chi connectivity index (χ1n) is 7.80. The summed E-state index contributed by atoms with van der Waals surface area (Å²) in [5.41, 5.74) is 3.49. The van der Waals surface area contributed by atoms with Crippen molar-refractivity contribution < 1.29 is 8.42 Å². The average Bonchev–Trinajstić information content (AvgIpc) is 2.92. The van der Waals surface area contributed by atoms with Crippen molar-refractivity contribution in [3.05, 3.63) is 58.5 Å². The van der Waals surface area contributed by atoms with Crippen LogP contribution in [0.1, 0.15) is 17.0 Å². The number of aromatic amines is 1. The second kappa shape index (κ2) is 6.97. The Morgan fingerprint density at radius 3 is 2.50 bits per heavy atom. The van der Waals surface area contributed by atoms with Crippen molar-refractivity contribution >= 4 is 38.8 Å². The van der Waals surface area contributed by atoms with E-state index in [0.717, 1.165) is 11.3 Å². The van der Waals surface area contributed by atoms with Crippen LogP contribution in [-0.2, 0) is 10.0 Å². The van der Waals surface area contributed by atoms with Crippen molar-refractivity contribution in [3.8, 4) is 0 Å². The molecule has 2 heterocycles. The zero-order valence-electron chi connectivity index (χ0n) is 14.5. The van der Waals surface area contributed by atoms with E-state index in [-0.39, 0.29) is 10.7 Å². The highest BCUT2D eigenvalue weighted by Crippen LogP contribution is 2.25. The van der Waals surface area contributed by atoms with Crippen molar-refractivity contribution in [2.24, 2.45) is 0 Å². The zero-order valence-corrected chi connectivity index (χ0v) is 16.0. The number of hydrogen-bond donors (Lipinski definition) is 3. The molecule has 0 amide bonds. The predicted molar refractivity (Wildman–Crippen MR) is 103 cm³/mol. The summed E-state index contributed by atoms with van der Waals surface area (Å²) in [4.78, 5) is 4.30. The molecule has 136 valence electrons. The molecule has 2 aromatic heterocycles. The summed E-state index contributed by atoms with van der Waals surface area (Å²) in [6.45, 7) is 5.25. The molecule has 0 aliphatic carbocycles. The number of hydrogen-bond acceptors (Lipinski definition) is 5. The maximum Gasteiger partial charge on any atom is 0.266 e. The standard InChI is InChI=1S/C17H18ClN5O2S/c1-10-4-5-13(18)8-15(10)20-14-6-7-16(19-9-14)23-26(24,25)17-11(2)21-22-12(17)3/h4-9,20H,1-3H3,(H,19,23)(H,21,22). The molecule has 0 bridgehead atoms. The van der Waals surface area contributed by atoms with Crippen LogP contribution in [-0.4, -0.2) is 23.6 Å². The molecule has 0 atom stereocenters. The lowest BCUT2D eigenvalue weighted by molar-refractivity contribution is 0.600. The molecule has 0 saturated carbocycles. The number of sulfonamides is 1. The van der Waals surface area contributed by atoms with E-state index in [2.05, 4.69) is 25.2 Å². The van der Waals surface area contributed by atoms with Crippen molar-refractivity contribution in [2.75, 3.05) is 10.0 Å². The smallest absolute Gasteiger partial charge is 0.266 e. The normalized spacial score (nSPS) is 11.4. The molecule has 0 aliphatic rings. The molecule has 0 unspecified atom stereocenters. The average molecular weight is 392 g/mol. The number of H-pyrrole nitrogens is 1. The van der Waals surface area contributed by atoms with Crippen molar-refractivity contribution in [2.45, 2.75) is 25.7 Å². The summed E-state index contributed by atoms with van der Waals surface area (Å²) < 4.78 is 27.5. The van der Waals surface area contributed by atoms with Gasteiger partial charge in [0.05, 0.1) is 23.3 Å². The van der Waals surface area contributed by atoms with E-state index < -0.39 is 10.0 Å². The van der Waals surface area contributed by atoms with Crippen molar-refractivity contribution in [3.63, 3.8) is 0 Å². The van der Waals surface area contributed by atoms with Gasteiger partial charge in [0.2, 0.25) is 0 Å². The highest BCUT2D eigenvalue weighted by molar-refractivity contribution is 7.92. The first-order valence-corrected chi connectivity index (χ1v) is 9.66. The fourth-order valence-electron chi connectivity index (χ4n) is 2.54. The lowest BCUT2D eigenvalue weighted by Gasteiger charge is -2.11. The van der Waals surface area contributed by atoms with Gasteiger partial charge >= 0.3 is 0 Å². The number of nitrogens with zero attached hydrogens (tertiary/aromatic N) is 2. The molecule has 1 aromatic carbocycles. The molecule has 9 heteroatoms. The van der Waals surface area contributed by atoms with Gasteiger partial charge in [0.25, 0.3) is 10.0 Å². The van der Waals surface area contributed by atoms with Crippen LogP contribution in [0, 0.1) is 20.8 Å². The second-order valence-electron chi connectivity index (χ2n) is 5.88. The molecule has 26 heavy (non-hydrogen) atoms. The summed E-state index contributed by atoms with van der Waals surface area (Å²) in [5, 5.41) is 10.4. The number of aryl methyl sites for hydroxylation is 3. The number of pyridine rings is 1. The van der Waals surface area contributed by atoms with Gasteiger partial charge in [0, 0.05) is 10.7 Å². The maximum absolute atomic E-state index is 12.5. The third-order valence-electron chi connectivity index (χ3n) is 3.81. The number of rotatable bonds is 5. The Hall–Kier alpha value is -2.58. The molecule has 3 aromatic rings. The Labute approximate surface area is 156 Å². The largest absolute Gasteiger partial charge is 0.354 e. The fraction of sp³-hybridized carbons (Fsp3) is 0.176. The van der Waals surface area contributed by atoms with Crippen LogP contribution in [0.4, 0.5) is 17.2 Å². The number of anilines is 3. The first kappa shape index (κ1) is 18.2. The van der Waals surface area contributed by atoms with E-state index in [1.165, 1.54) is 0 Å². The van der Waals surface area contributed by atoms with Gasteiger partial charge in [-0.25, -0.2) is 13.4 Å². The molecule has 3 rings (SSSR count). The topological polar surface area (TPSA) is 99.8 Å². The van der Waals surface area contributed by atoms with Gasteiger partial charge in [-0.2, -0.15) is 5.10 Å². The Morgan fingerprint density at radius 1 is 1.12 bits per heavy atom. The first-order chi connectivity index (χ1) is 12.3. The quantitative estimate of drug-likeness (QED) is 0.611. The fourth-order valence-corrected chi connectivity index (χ4v) is 4.09. The van der Waals surface area contributed by atoms with E-state index in [1.807, 2.05) is 25.1 Å². The van der Waals surface area contributed by atoms with E-state index in [4.69, 9.17) is 11.6 Å². The summed E-state index contributed by atoms with van der Waals surface area (Å²) in [6.07, 6.45) is 1.55. The summed E-state index contributed by atoms with van der Waals surface area (Å²) in [5.74, 6) is 0.221. The highest BCUT2D eigenvalue weighted by atomic mass is 35.5. The number of halogens is 1. The lowest BCUT2D eigenvalue weighted by atomic mass is 10.2. The predicted octanol–water partition coefficient (Wildman–Crippen LogP) is 3.93. The third-order valence-corrected chi connectivity index (χ3v) is 5.66. The molecule has 0 fully saturated rings. The maximum atomic E-state index is 12.5. The van der Waals surface area contributed by atoms with Crippen LogP contribution in [0.15, 0.2) is 41.4 Å². The number of benzene rings is 1. The van der Waals surface area contributed by atoms with Crippen molar-refractivity contribution in [1.29, 1.82) is 0 Å². The van der Waals surface area contributed by atoms with Crippen molar-refractivity contribution in [1.82, 2.24) is 15.2 Å². The highest BCUT2D eigenvalue weighted by Gasteiger charge is 2.22. The molecule has 3 N–H and O–H groups in total. The van der Waals surface area contributed by atoms with Crippen LogP contribution < -0.4 is 10.0 Å². The summed E-state index contributed by atoms with van der Waals surface area (Å²) >= 11 is 6.02. The van der Waals surface area contributed by atoms with Crippen LogP contribution in [0.25, 0.3) is 0 Å². The molecule has 7 nitrogen and oxygen atoms in total. The van der Waals surface area contributed by atoms with Crippen LogP contribution in [0.2, 0.25) is 5.02 Å². The van der Waals surface area contributed by atoms with Gasteiger partial charge < -0.3 is 5.32 Å². The van der Waals surface area contributed by atoms with Gasteiger partial charge in [-0.15, -0.1) is 0 Å². The summed E-state index contributed by atoms with van der Waals surface area (Å²) in [7, 11) is -3.76. The van der Waals surface area contributed by atoms with E-state index in [0.29, 0.717) is 22.1 Å². The number of aromatic nitrogens is 3. The Morgan fingerprint density at radius 2 is 1.88 bits per heavy atom. The molecular formula is C17H18ClN5O2S. The van der Waals surface area contributed by atoms with Gasteiger partial charge in [0.1, 0.15) is 10.7 Å². The van der Waals surface area contributed by atoms with Crippen LogP contribution >= 0.6 is 11.6 Å². The third kappa shape index (κ3) is 3.81. The van der Waals surface area contributed by atoms with Gasteiger partial charge in [0.15, 0.2) is 0 Å². The summed E-state index contributed by atoms with van der Waals surface area (Å²) in [6, 6.07) is 8.87. The van der Waals surface area contributed by atoms with E-state index >= 15 is 0 Å². The van der Waals surface area contributed by atoms with Gasteiger partial charge in [-0.3, -0.25) is 9.82 Å². The minimum absolute atomic E-state index is 0.135. The monoisotopic (exact) mass is 391 g/mol. The van der Waals surface area contributed by atoms with E-state index in [9.17, 15) is 8.42 Å². The van der Waals surface area contributed by atoms with Gasteiger partial charge in [-0.1, -0.05) is 17.7 Å². The molecule has 0 saturated heterocycles. The van der Waals surface area contributed by atoms with E-state index in [1.54, 1.807) is 32.2 Å². The minimum atomic E-state index is -3.76.